The van der Waals surface area contributed by atoms with Crippen molar-refractivity contribution in [2.75, 3.05) is 44.6 Å². The minimum absolute atomic E-state index is 0.0765. The first-order chi connectivity index (χ1) is 24.6. The third kappa shape index (κ3) is 5.23. The Labute approximate surface area is 302 Å². The molecule has 258 valence electrons. The second-order valence-corrected chi connectivity index (χ2v) is 15.0. The fourth-order valence-corrected chi connectivity index (χ4v) is 9.85. The Bertz CT molecular complexity index is 2000. The van der Waals surface area contributed by atoms with Gasteiger partial charge >= 0.3 is 0 Å². The van der Waals surface area contributed by atoms with E-state index >= 15 is 0 Å². The van der Waals surface area contributed by atoms with Crippen molar-refractivity contribution < 1.29 is 14.2 Å². The highest BCUT2D eigenvalue weighted by Gasteiger charge is 2.48. The summed E-state index contributed by atoms with van der Waals surface area (Å²) in [6.45, 7) is 8.01. The molecule has 8 rings (SSSR count). The molecule has 4 aromatic rings. The first-order valence-electron chi connectivity index (χ1n) is 18.6. The fraction of sp³-hybridized carbons (Fsp3) is 0.378. The molecule has 2 heterocycles. The van der Waals surface area contributed by atoms with Crippen molar-refractivity contribution in [1.82, 2.24) is 0 Å². The fourth-order valence-electron chi connectivity index (χ4n) is 9.21. The van der Waals surface area contributed by atoms with E-state index in [2.05, 4.69) is 116 Å². The van der Waals surface area contributed by atoms with Gasteiger partial charge in [-0.15, -0.1) is 11.8 Å². The molecule has 0 amide bonds. The summed E-state index contributed by atoms with van der Waals surface area (Å²) in [6.07, 6.45) is 21.4. The van der Waals surface area contributed by atoms with Gasteiger partial charge in [0, 0.05) is 39.9 Å². The molecule has 2 unspecified atom stereocenters. The van der Waals surface area contributed by atoms with Crippen molar-refractivity contribution in [2.45, 2.75) is 74.7 Å². The number of hydrogen-bond donors (Lipinski definition) is 0. The molecule has 1 fully saturated rings. The maximum absolute atomic E-state index is 7.74. The lowest BCUT2D eigenvalue weighted by molar-refractivity contribution is 0.122. The van der Waals surface area contributed by atoms with Crippen LogP contribution >= 0.6 is 11.8 Å². The monoisotopic (exact) mass is 683 g/mol. The van der Waals surface area contributed by atoms with Gasteiger partial charge in [-0.05, 0) is 95.5 Å². The summed E-state index contributed by atoms with van der Waals surface area (Å²) in [5, 5.41) is 2.50. The molecule has 4 nitrogen and oxygen atoms in total. The molecule has 4 aromatic carbocycles. The Morgan fingerprint density at radius 3 is 2.48 bits per heavy atom. The zero-order chi connectivity index (χ0) is 34.3. The third-order valence-corrected chi connectivity index (χ3v) is 12.3. The molecule has 0 aromatic heterocycles. The summed E-state index contributed by atoms with van der Waals surface area (Å²) < 4.78 is 19.2. The molecular formula is C45H49NO3S. The van der Waals surface area contributed by atoms with Crippen LogP contribution in [-0.2, 0) is 15.8 Å². The zero-order valence-electron chi connectivity index (χ0n) is 30.0. The number of thioether (sulfide) groups is 1. The van der Waals surface area contributed by atoms with Crippen LogP contribution in [0.3, 0.4) is 0 Å². The van der Waals surface area contributed by atoms with E-state index in [1.807, 2.05) is 11.8 Å². The molecule has 2 aliphatic carbocycles. The normalized spacial score (nSPS) is 22.2. The lowest BCUT2D eigenvalue weighted by Gasteiger charge is -2.41. The lowest BCUT2D eigenvalue weighted by Crippen LogP contribution is -2.37. The van der Waals surface area contributed by atoms with Crippen molar-refractivity contribution in [2.24, 2.45) is 0 Å². The van der Waals surface area contributed by atoms with Crippen LogP contribution in [-0.4, -0.2) is 39.7 Å². The third-order valence-electron chi connectivity index (χ3n) is 11.5. The molecule has 0 spiro atoms. The van der Waals surface area contributed by atoms with Crippen LogP contribution < -0.4 is 14.4 Å². The van der Waals surface area contributed by atoms with Crippen LogP contribution in [0.5, 0.6) is 11.5 Å². The minimum atomic E-state index is -0.726. The van der Waals surface area contributed by atoms with E-state index < -0.39 is 5.60 Å². The van der Waals surface area contributed by atoms with Crippen LogP contribution in [0, 0.1) is 0 Å². The Hall–Kier alpha value is -3.93. The predicted molar refractivity (Wildman–Crippen MR) is 210 cm³/mol. The van der Waals surface area contributed by atoms with Crippen molar-refractivity contribution in [1.29, 1.82) is 0 Å². The predicted octanol–water partition coefficient (Wildman–Crippen LogP) is 11.2. The SMILES string of the molecule is CCCCC1(CCC)c2ccccc2-c2c1c1c(c3cc(SC)c(N4CCOCC4)cc23)OC(C2=CC=CCC2)(c2ccc(OC)cc2)C=C1. The molecular weight excluding hydrogens is 635 g/mol. The molecule has 0 saturated carbocycles. The number of nitrogens with zero attached hydrogens (tertiary/aromatic N) is 1. The number of allylic oxidation sites excluding steroid dienone is 3. The topological polar surface area (TPSA) is 30.9 Å². The van der Waals surface area contributed by atoms with Gasteiger partial charge in [0.05, 0.1) is 26.0 Å². The number of fused-ring (bicyclic) bond motifs is 8. The number of benzene rings is 4. The van der Waals surface area contributed by atoms with E-state index in [-0.39, 0.29) is 5.41 Å². The summed E-state index contributed by atoms with van der Waals surface area (Å²) in [5.74, 6) is 1.87. The Balaban J connectivity index is 1.47. The molecule has 0 radical (unpaired) electrons. The molecule has 0 bridgehead atoms. The second kappa shape index (κ2) is 13.7. The highest BCUT2D eigenvalue weighted by Crippen LogP contribution is 2.62. The average Bonchev–Trinajstić information content (AvgIpc) is 3.47. The largest absolute Gasteiger partial charge is 0.497 e. The Kier molecular flexibility index (Phi) is 9.07. The van der Waals surface area contributed by atoms with E-state index in [9.17, 15) is 0 Å². The van der Waals surface area contributed by atoms with Crippen LogP contribution in [0.4, 0.5) is 5.69 Å². The Morgan fingerprint density at radius 2 is 1.76 bits per heavy atom. The van der Waals surface area contributed by atoms with E-state index in [4.69, 9.17) is 14.2 Å². The first kappa shape index (κ1) is 33.2. The van der Waals surface area contributed by atoms with Crippen molar-refractivity contribution in [3.05, 3.63) is 113 Å². The van der Waals surface area contributed by atoms with Crippen molar-refractivity contribution in [3.8, 4) is 22.6 Å². The molecule has 1 saturated heterocycles. The maximum atomic E-state index is 7.74. The van der Waals surface area contributed by atoms with Gasteiger partial charge in [-0.1, -0.05) is 93.8 Å². The number of rotatable bonds is 10. The zero-order valence-corrected chi connectivity index (χ0v) is 30.8. The van der Waals surface area contributed by atoms with Crippen LogP contribution in [0.1, 0.15) is 81.0 Å². The standard InChI is InChI=1S/C45H49NO3S/c1-5-7-23-44(22-6-2)38-16-12-11-15-34(38)41-36-29-39(46-25-27-48-28-26-46)40(50-4)30-37(36)43-35(42(41)44)21-24-45(49-43,31-13-9-8-10-14-31)32-17-19-33(47-3)20-18-32/h8-9,11-13,15-21,24,29-30H,5-7,10,14,22-23,25-28H2,1-4H3. The Morgan fingerprint density at radius 1 is 0.940 bits per heavy atom. The molecule has 2 atom stereocenters. The number of hydrogen-bond acceptors (Lipinski definition) is 5. The molecule has 5 heteroatoms. The van der Waals surface area contributed by atoms with Gasteiger partial charge in [0.1, 0.15) is 11.5 Å². The van der Waals surface area contributed by atoms with Gasteiger partial charge in [-0.3, -0.25) is 0 Å². The number of unbranched alkanes of at least 4 members (excludes halogenated alkanes) is 1. The average molecular weight is 684 g/mol. The highest BCUT2D eigenvalue weighted by molar-refractivity contribution is 7.98. The van der Waals surface area contributed by atoms with E-state index in [1.165, 1.54) is 67.6 Å². The maximum Gasteiger partial charge on any atom is 0.174 e. The molecule has 2 aliphatic heterocycles. The number of methoxy groups -OCH3 is 1. The lowest BCUT2D eigenvalue weighted by atomic mass is 9.68. The smallest absolute Gasteiger partial charge is 0.174 e. The van der Waals surface area contributed by atoms with E-state index in [0.29, 0.717) is 0 Å². The summed E-state index contributed by atoms with van der Waals surface area (Å²) >= 11 is 1.83. The van der Waals surface area contributed by atoms with Gasteiger partial charge in [0.2, 0.25) is 0 Å². The van der Waals surface area contributed by atoms with E-state index in [0.717, 1.165) is 75.5 Å². The van der Waals surface area contributed by atoms with E-state index in [1.54, 1.807) is 7.11 Å². The quantitative estimate of drug-likeness (QED) is 0.155. The highest BCUT2D eigenvalue weighted by atomic mass is 32.2. The van der Waals surface area contributed by atoms with Gasteiger partial charge in [0.15, 0.2) is 5.60 Å². The van der Waals surface area contributed by atoms with Crippen LogP contribution in [0.2, 0.25) is 0 Å². The van der Waals surface area contributed by atoms with Gasteiger partial charge in [-0.2, -0.15) is 0 Å². The van der Waals surface area contributed by atoms with Crippen molar-refractivity contribution >= 4 is 34.3 Å². The number of morpholine rings is 1. The molecule has 4 aliphatic rings. The first-order valence-corrected chi connectivity index (χ1v) is 19.8. The van der Waals surface area contributed by atoms with Crippen molar-refractivity contribution in [3.63, 3.8) is 0 Å². The van der Waals surface area contributed by atoms with Gasteiger partial charge < -0.3 is 19.1 Å². The number of ether oxygens (including phenoxy) is 3. The molecule has 50 heavy (non-hydrogen) atoms. The summed E-state index contributed by atoms with van der Waals surface area (Å²) in [5.41, 5.74) is 9.93. The van der Waals surface area contributed by atoms with Gasteiger partial charge in [-0.25, -0.2) is 0 Å². The van der Waals surface area contributed by atoms with Crippen LogP contribution in [0.25, 0.3) is 28.0 Å². The van der Waals surface area contributed by atoms with Gasteiger partial charge in [0.25, 0.3) is 0 Å². The number of anilines is 1. The summed E-state index contributed by atoms with van der Waals surface area (Å²) in [6, 6.07) is 22.7. The second-order valence-electron chi connectivity index (χ2n) is 14.2. The van der Waals surface area contributed by atoms with Crippen LogP contribution in [0.15, 0.2) is 95.4 Å². The molecule has 0 N–H and O–H groups in total. The summed E-state index contributed by atoms with van der Waals surface area (Å²) in [4.78, 5) is 3.81. The summed E-state index contributed by atoms with van der Waals surface area (Å²) in [7, 11) is 1.73. The minimum Gasteiger partial charge on any atom is -0.497 e.